The van der Waals surface area contributed by atoms with E-state index in [2.05, 4.69) is 4.72 Å². The number of pyridine rings is 1. The summed E-state index contributed by atoms with van der Waals surface area (Å²) >= 11 is 6.29. The molecule has 3 aromatic rings. The summed E-state index contributed by atoms with van der Waals surface area (Å²) < 4.78 is 30.3. The molecule has 8 nitrogen and oxygen atoms in total. The average Bonchev–Trinajstić information content (AvgIpc) is 3.07. The summed E-state index contributed by atoms with van der Waals surface area (Å²) in [6.45, 7) is 7.92. The number of sulfonamides is 1. The van der Waals surface area contributed by atoms with Crippen molar-refractivity contribution in [2.75, 3.05) is 11.8 Å². The first-order chi connectivity index (χ1) is 16.8. The maximum Gasteiger partial charge on any atom is 0.264 e. The normalized spacial score (nSPS) is 13.7. The van der Waals surface area contributed by atoms with Crippen LogP contribution in [0.2, 0.25) is 5.02 Å². The van der Waals surface area contributed by atoms with Crippen molar-refractivity contribution in [1.29, 1.82) is 0 Å². The molecule has 10 heteroatoms. The van der Waals surface area contributed by atoms with E-state index in [1.165, 1.54) is 36.1 Å². The zero-order chi connectivity index (χ0) is 26.4. The molecule has 0 unspecified atom stereocenters. The molecule has 2 amide bonds. The van der Waals surface area contributed by atoms with Crippen LogP contribution in [0, 0.1) is 6.92 Å². The lowest BCUT2D eigenvalue weighted by molar-refractivity contribution is -0.889. The van der Waals surface area contributed by atoms with Crippen molar-refractivity contribution in [2.24, 2.45) is 0 Å². The molecule has 0 fully saturated rings. The van der Waals surface area contributed by atoms with Gasteiger partial charge in [0.25, 0.3) is 21.8 Å². The van der Waals surface area contributed by atoms with E-state index in [-0.39, 0.29) is 38.7 Å². The molecule has 0 saturated carbocycles. The molecule has 0 atom stereocenters. The van der Waals surface area contributed by atoms with E-state index < -0.39 is 21.8 Å². The van der Waals surface area contributed by atoms with Crippen molar-refractivity contribution < 1.29 is 27.6 Å². The molecule has 1 aliphatic heterocycles. The first-order valence-corrected chi connectivity index (χ1v) is 13.1. The van der Waals surface area contributed by atoms with Crippen molar-refractivity contribution in [3.05, 3.63) is 87.7 Å². The van der Waals surface area contributed by atoms with E-state index in [4.69, 9.17) is 16.4 Å². The molecule has 1 aromatic heterocycles. The number of nitrogens with zero attached hydrogens (tertiary/aromatic N) is 2. The zero-order valence-electron chi connectivity index (χ0n) is 20.6. The Morgan fingerprint density at radius 3 is 2.22 bits per heavy atom. The van der Waals surface area contributed by atoms with Crippen molar-refractivity contribution >= 4 is 39.1 Å². The molecular formula is C26H27ClN3O5S+. The molecule has 4 rings (SSSR count). The highest BCUT2D eigenvalue weighted by Gasteiger charge is 2.40. The van der Waals surface area contributed by atoms with Gasteiger partial charge in [-0.05, 0) is 41.3 Å². The number of aromatic nitrogens is 1. The molecule has 0 saturated heterocycles. The number of amides is 2. The van der Waals surface area contributed by atoms with E-state index in [0.717, 1.165) is 16.2 Å². The second-order valence-corrected chi connectivity index (χ2v) is 11.7. The Hall–Kier alpha value is -3.43. The van der Waals surface area contributed by atoms with Gasteiger partial charge >= 0.3 is 0 Å². The van der Waals surface area contributed by atoms with Crippen LogP contribution in [-0.2, 0) is 22.0 Å². The second kappa shape index (κ2) is 9.22. The topological polar surface area (TPSA) is 96.7 Å². The molecule has 36 heavy (non-hydrogen) atoms. The van der Waals surface area contributed by atoms with Crippen LogP contribution in [0.1, 0.15) is 58.3 Å². The molecule has 1 aliphatic rings. The zero-order valence-corrected chi connectivity index (χ0v) is 22.2. The Morgan fingerprint density at radius 2 is 1.61 bits per heavy atom. The quantitative estimate of drug-likeness (QED) is 0.387. The van der Waals surface area contributed by atoms with Crippen molar-refractivity contribution in [3.8, 4) is 0 Å². The number of halogens is 1. The highest BCUT2D eigenvalue weighted by Crippen LogP contribution is 2.36. The molecular weight excluding hydrogens is 502 g/mol. The second-order valence-electron chi connectivity index (χ2n) is 9.61. The van der Waals surface area contributed by atoms with Crippen LogP contribution >= 0.6 is 11.6 Å². The van der Waals surface area contributed by atoms with E-state index in [0.29, 0.717) is 5.56 Å². The fourth-order valence-electron chi connectivity index (χ4n) is 4.01. The predicted octanol–water partition coefficient (Wildman–Crippen LogP) is 3.89. The highest BCUT2D eigenvalue weighted by molar-refractivity contribution is 7.92. The first-order valence-electron chi connectivity index (χ1n) is 11.2. The average molecular weight is 529 g/mol. The van der Waals surface area contributed by atoms with E-state index >= 15 is 0 Å². The smallest absolute Gasteiger partial charge is 0.264 e. The molecule has 0 spiro atoms. The van der Waals surface area contributed by atoms with Crippen LogP contribution in [0.4, 0.5) is 5.69 Å². The Kier molecular flexibility index (Phi) is 6.57. The predicted molar refractivity (Wildman–Crippen MR) is 135 cm³/mol. The number of fused-ring (bicyclic) bond motifs is 1. The largest absolute Gasteiger partial charge is 0.279 e. The first kappa shape index (κ1) is 25.7. The van der Waals surface area contributed by atoms with Crippen LogP contribution in [-0.4, -0.2) is 32.2 Å². The lowest BCUT2D eigenvalue weighted by atomic mass is 9.87. The van der Waals surface area contributed by atoms with Gasteiger partial charge in [-0.3, -0.25) is 24.0 Å². The van der Waals surface area contributed by atoms with Gasteiger partial charge in [-0.2, -0.15) is 0 Å². The van der Waals surface area contributed by atoms with Crippen molar-refractivity contribution in [2.45, 2.75) is 44.6 Å². The van der Waals surface area contributed by atoms with Gasteiger partial charge in [0.05, 0.1) is 33.3 Å². The Labute approximate surface area is 215 Å². The third-order valence-electron chi connectivity index (χ3n) is 6.05. The number of anilines is 1. The molecule has 0 aliphatic carbocycles. The summed E-state index contributed by atoms with van der Waals surface area (Å²) in [5.74, 6) is -1.23. The summed E-state index contributed by atoms with van der Waals surface area (Å²) in [5.41, 5.74) is 2.21. The van der Waals surface area contributed by atoms with Crippen LogP contribution in [0.15, 0.2) is 59.6 Å². The van der Waals surface area contributed by atoms with Gasteiger partial charge in [0.15, 0.2) is 0 Å². The highest BCUT2D eigenvalue weighted by atomic mass is 35.5. The summed E-state index contributed by atoms with van der Waals surface area (Å²) in [6, 6.07) is 12.9. The number of carbonyl (C=O) groups excluding carboxylic acids is 2. The van der Waals surface area contributed by atoms with Gasteiger partial charge < -0.3 is 0 Å². The molecule has 0 bridgehead atoms. The SMILES string of the molecule is CO[n+]1cc(CN2C(=O)c3c(Cl)ccc(NS(=O)(=O)c4ccc(C(C)(C)C)cc4)c3C2=O)ccc1C. The van der Waals surface area contributed by atoms with E-state index in [9.17, 15) is 18.0 Å². The van der Waals surface area contributed by atoms with Gasteiger partial charge in [-0.25, -0.2) is 8.42 Å². The van der Waals surface area contributed by atoms with Gasteiger partial charge in [0.2, 0.25) is 11.9 Å². The minimum absolute atomic E-state index is 0.00832. The molecule has 2 aromatic carbocycles. The maximum atomic E-state index is 13.4. The Morgan fingerprint density at radius 1 is 0.972 bits per heavy atom. The van der Waals surface area contributed by atoms with Gasteiger partial charge in [-0.15, -0.1) is 0 Å². The number of benzene rings is 2. The minimum atomic E-state index is -4.04. The number of rotatable bonds is 6. The Bertz CT molecular complexity index is 1480. The summed E-state index contributed by atoms with van der Waals surface area (Å²) in [5, 5.41) is 0.0687. The van der Waals surface area contributed by atoms with Crippen LogP contribution in [0.3, 0.4) is 0 Å². The minimum Gasteiger partial charge on any atom is -0.279 e. The number of hydrogen-bond donors (Lipinski definition) is 1. The molecule has 2 heterocycles. The van der Waals surface area contributed by atoms with Crippen LogP contribution in [0.5, 0.6) is 0 Å². The van der Waals surface area contributed by atoms with Gasteiger partial charge in [0, 0.05) is 23.3 Å². The number of aryl methyl sites for hydroxylation is 1. The maximum absolute atomic E-state index is 13.4. The lowest BCUT2D eigenvalue weighted by Gasteiger charge is -2.19. The fourth-order valence-corrected chi connectivity index (χ4v) is 5.32. The van der Waals surface area contributed by atoms with E-state index in [1.807, 2.05) is 27.7 Å². The summed E-state index contributed by atoms with van der Waals surface area (Å²) in [6.07, 6.45) is 1.67. The third-order valence-corrected chi connectivity index (χ3v) is 7.75. The number of carbonyl (C=O) groups is 2. The van der Waals surface area contributed by atoms with Crippen LogP contribution in [0.25, 0.3) is 0 Å². The van der Waals surface area contributed by atoms with Crippen molar-refractivity contribution in [3.63, 3.8) is 0 Å². The van der Waals surface area contributed by atoms with Gasteiger partial charge in [-0.1, -0.05) is 44.5 Å². The Balaban J connectivity index is 1.67. The van der Waals surface area contributed by atoms with Gasteiger partial charge in [0.1, 0.15) is 7.11 Å². The summed E-state index contributed by atoms with van der Waals surface area (Å²) in [4.78, 5) is 32.9. The fraction of sp³-hybridized carbons (Fsp3) is 0.269. The molecule has 1 N–H and O–H groups in total. The third kappa shape index (κ3) is 4.68. The number of nitrogens with one attached hydrogen (secondary N) is 1. The number of imide groups is 1. The molecule has 0 radical (unpaired) electrons. The lowest BCUT2D eigenvalue weighted by Crippen LogP contribution is -2.44. The summed E-state index contributed by atoms with van der Waals surface area (Å²) in [7, 11) is -2.53. The van der Waals surface area contributed by atoms with Crippen molar-refractivity contribution in [1.82, 2.24) is 4.90 Å². The monoisotopic (exact) mass is 528 g/mol. The number of hydrogen-bond acceptors (Lipinski definition) is 5. The standard InChI is InChI=1S/C26H26ClN3O5S/c1-16-6-7-17(15-30(16)35-5)14-29-24(31)22-20(27)12-13-21(23(22)25(29)32)28-36(33,34)19-10-8-18(9-11-19)26(2,3)4/h6-13,15H,14H2,1-5H3/p+1. The van der Waals surface area contributed by atoms with Crippen LogP contribution < -0.4 is 14.3 Å². The molecule has 188 valence electrons. The van der Waals surface area contributed by atoms with E-state index in [1.54, 1.807) is 30.5 Å².